The van der Waals surface area contributed by atoms with Crippen molar-refractivity contribution >= 4 is 0 Å². The maximum Gasteiger partial charge on any atom is 0.0461 e. The summed E-state index contributed by atoms with van der Waals surface area (Å²) in [6.07, 6.45) is 2.41. The molecule has 0 aromatic rings. The summed E-state index contributed by atoms with van der Waals surface area (Å²) in [4.78, 5) is 0. The number of aliphatic hydroxyl groups is 1. The highest BCUT2D eigenvalue weighted by Crippen LogP contribution is 2.18. The summed E-state index contributed by atoms with van der Waals surface area (Å²) in [6.45, 7) is 9.18. The Kier molecular flexibility index (Phi) is 5.57. The van der Waals surface area contributed by atoms with E-state index in [4.69, 9.17) is 5.11 Å². The fraction of sp³-hybridized carbons (Fsp3) is 1.00. The maximum atomic E-state index is 9.01. The van der Waals surface area contributed by atoms with E-state index in [1.165, 1.54) is 12.8 Å². The lowest BCUT2D eigenvalue weighted by atomic mass is 9.89. The van der Waals surface area contributed by atoms with Gasteiger partial charge in [0.1, 0.15) is 0 Å². The summed E-state index contributed by atoms with van der Waals surface area (Å²) in [6, 6.07) is 0. The first-order chi connectivity index (χ1) is 5.07. The predicted molar refractivity (Wildman–Crippen MR) is 49.5 cm³/mol. The normalized spacial score (nSPS) is 14.5. The van der Waals surface area contributed by atoms with Crippen molar-refractivity contribution in [3.05, 3.63) is 0 Å². The van der Waals surface area contributed by atoms with Crippen molar-refractivity contribution in [2.75, 3.05) is 6.61 Å². The molecule has 1 unspecified atom stereocenters. The second kappa shape index (κ2) is 5.59. The van der Waals surface area contributed by atoms with Crippen LogP contribution in [0, 0.1) is 17.8 Å². The van der Waals surface area contributed by atoms with Gasteiger partial charge in [-0.15, -0.1) is 0 Å². The average Bonchev–Trinajstić information content (AvgIpc) is 1.87. The summed E-state index contributed by atoms with van der Waals surface area (Å²) >= 11 is 0. The Labute approximate surface area is 70.8 Å². The van der Waals surface area contributed by atoms with Gasteiger partial charge in [0.05, 0.1) is 0 Å². The molecule has 0 amide bonds. The topological polar surface area (TPSA) is 20.2 Å². The fourth-order valence-corrected chi connectivity index (χ4v) is 1.18. The van der Waals surface area contributed by atoms with Gasteiger partial charge in [0.15, 0.2) is 0 Å². The molecule has 0 aliphatic carbocycles. The molecule has 1 heteroatoms. The lowest BCUT2D eigenvalue weighted by Crippen LogP contribution is -2.13. The minimum atomic E-state index is 0.352. The van der Waals surface area contributed by atoms with Crippen LogP contribution in [0.3, 0.4) is 0 Å². The molecule has 1 atom stereocenters. The molecule has 0 aromatic heterocycles. The first kappa shape index (κ1) is 11.0. The number of hydrogen-bond donors (Lipinski definition) is 1. The molecule has 0 radical (unpaired) electrons. The van der Waals surface area contributed by atoms with Crippen LogP contribution < -0.4 is 0 Å². The van der Waals surface area contributed by atoms with Crippen molar-refractivity contribution < 1.29 is 5.11 Å². The highest BCUT2D eigenvalue weighted by atomic mass is 16.3. The summed E-state index contributed by atoms with van der Waals surface area (Å²) in [5.41, 5.74) is 0. The van der Waals surface area contributed by atoms with Gasteiger partial charge < -0.3 is 5.11 Å². The van der Waals surface area contributed by atoms with E-state index in [1.807, 2.05) is 0 Å². The quantitative estimate of drug-likeness (QED) is 0.652. The molecule has 68 valence electrons. The fourth-order valence-electron chi connectivity index (χ4n) is 1.18. The van der Waals surface area contributed by atoms with Crippen LogP contribution in [-0.4, -0.2) is 11.7 Å². The molecule has 0 heterocycles. The van der Waals surface area contributed by atoms with E-state index in [-0.39, 0.29) is 0 Å². The predicted octanol–water partition coefficient (Wildman–Crippen LogP) is 2.69. The SMILES string of the molecule is CC(C)CCC(CO)C(C)C. The van der Waals surface area contributed by atoms with Gasteiger partial charge in [0, 0.05) is 6.61 Å². The Bertz CT molecular complexity index is 86.9. The van der Waals surface area contributed by atoms with Crippen LogP contribution in [0.25, 0.3) is 0 Å². The van der Waals surface area contributed by atoms with Gasteiger partial charge >= 0.3 is 0 Å². The van der Waals surface area contributed by atoms with Crippen LogP contribution in [0.2, 0.25) is 0 Å². The van der Waals surface area contributed by atoms with Gasteiger partial charge in [-0.25, -0.2) is 0 Å². The standard InChI is InChI=1S/C10H22O/c1-8(2)5-6-10(7-11)9(3)4/h8-11H,5-7H2,1-4H3. The molecular formula is C10H22O. The molecule has 0 saturated heterocycles. The van der Waals surface area contributed by atoms with Crippen LogP contribution in [-0.2, 0) is 0 Å². The van der Waals surface area contributed by atoms with Crippen molar-refractivity contribution in [3.63, 3.8) is 0 Å². The van der Waals surface area contributed by atoms with E-state index < -0.39 is 0 Å². The lowest BCUT2D eigenvalue weighted by molar-refractivity contribution is 0.175. The minimum Gasteiger partial charge on any atom is -0.396 e. The zero-order valence-corrected chi connectivity index (χ0v) is 8.30. The Hall–Kier alpha value is -0.0400. The average molecular weight is 158 g/mol. The van der Waals surface area contributed by atoms with Crippen LogP contribution >= 0.6 is 0 Å². The summed E-state index contributed by atoms with van der Waals surface area (Å²) in [5, 5.41) is 9.01. The largest absolute Gasteiger partial charge is 0.396 e. The molecule has 0 saturated carbocycles. The highest BCUT2D eigenvalue weighted by molar-refractivity contribution is 4.62. The molecule has 0 aliphatic heterocycles. The second-order valence-corrected chi connectivity index (χ2v) is 4.16. The van der Waals surface area contributed by atoms with Gasteiger partial charge in [0.2, 0.25) is 0 Å². The lowest BCUT2D eigenvalue weighted by Gasteiger charge is -2.18. The van der Waals surface area contributed by atoms with Gasteiger partial charge in [-0.2, -0.15) is 0 Å². The Balaban J connectivity index is 3.52. The third-order valence-electron chi connectivity index (χ3n) is 2.29. The molecule has 0 bridgehead atoms. The molecule has 1 nitrogen and oxygen atoms in total. The Morgan fingerprint density at radius 1 is 1.00 bits per heavy atom. The first-order valence-electron chi connectivity index (χ1n) is 4.68. The van der Waals surface area contributed by atoms with E-state index in [9.17, 15) is 0 Å². The van der Waals surface area contributed by atoms with Crippen molar-refractivity contribution in [2.24, 2.45) is 17.8 Å². The van der Waals surface area contributed by atoms with Gasteiger partial charge in [-0.05, 0) is 24.2 Å². The van der Waals surface area contributed by atoms with Gasteiger partial charge in [0.25, 0.3) is 0 Å². The van der Waals surface area contributed by atoms with Gasteiger partial charge in [-0.1, -0.05) is 34.1 Å². The van der Waals surface area contributed by atoms with Crippen molar-refractivity contribution in [1.82, 2.24) is 0 Å². The van der Waals surface area contributed by atoms with Crippen LogP contribution in [0.15, 0.2) is 0 Å². The highest BCUT2D eigenvalue weighted by Gasteiger charge is 2.11. The molecule has 0 rings (SSSR count). The smallest absolute Gasteiger partial charge is 0.0461 e. The minimum absolute atomic E-state index is 0.352. The van der Waals surface area contributed by atoms with Crippen molar-refractivity contribution in [3.8, 4) is 0 Å². The monoisotopic (exact) mass is 158 g/mol. The number of aliphatic hydroxyl groups excluding tert-OH is 1. The molecule has 0 aliphatic rings. The molecule has 0 fully saturated rings. The zero-order chi connectivity index (χ0) is 8.85. The molecule has 11 heavy (non-hydrogen) atoms. The second-order valence-electron chi connectivity index (χ2n) is 4.16. The Morgan fingerprint density at radius 2 is 1.55 bits per heavy atom. The molecule has 1 N–H and O–H groups in total. The molecule has 0 aromatic carbocycles. The Morgan fingerprint density at radius 3 is 1.82 bits per heavy atom. The third-order valence-corrected chi connectivity index (χ3v) is 2.29. The first-order valence-corrected chi connectivity index (χ1v) is 4.68. The number of hydrogen-bond acceptors (Lipinski definition) is 1. The van der Waals surface area contributed by atoms with Crippen LogP contribution in [0.4, 0.5) is 0 Å². The summed E-state index contributed by atoms with van der Waals surface area (Å²) in [5.74, 6) is 1.90. The summed E-state index contributed by atoms with van der Waals surface area (Å²) < 4.78 is 0. The zero-order valence-electron chi connectivity index (χ0n) is 8.30. The van der Waals surface area contributed by atoms with E-state index >= 15 is 0 Å². The van der Waals surface area contributed by atoms with Crippen LogP contribution in [0.5, 0.6) is 0 Å². The summed E-state index contributed by atoms with van der Waals surface area (Å²) in [7, 11) is 0. The van der Waals surface area contributed by atoms with Gasteiger partial charge in [-0.3, -0.25) is 0 Å². The van der Waals surface area contributed by atoms with Crippen LogP contribution in [0.1, 0.15) is 40.5 Å². The van der Waals surface area contributed by atoms with E-state index in [2.05, 4.69) is 27.7 Å². The maximum absolute atomic E-state index is 9.01. The van der Waals surface area contributed by atoms with E-state index in [0.29, 0.717) is 18.4 Å². The van der Waals surface area contributed by atoms with Crippen molar-refractivity contribution in [2.45, 2.75) is 40.5 Å². The van der Waals surface area contributed by atoms with E-state index in [1.54, 1.807) is 0 Å². The van der Waals surface area contributed by atoms with Crippen molar-refractivity contribution in [1.29, 1.82) is 0 Å². The molecular weight excluding hydrogens is 136 g/mol. The molecule has 0 spiro atoms. The third kappa shape index (κ3) is 5.25. The number of rotatable bonds is 5. The van der Waals surface area contributed by atoms with E-state index in [0.717, 1.165) is 5.92 Å².